The van der Waals surface area contributed by atoms with Gasteiger partial charge in [-0.25, -0.2) is 26.8 Å². The number of hydrogen-bond donors (Lipinski definition) is 0. The Morgan fingerprint density at radius 1 is 1.31 bits per heavy atom. The second kappa shape index (κ2) is 8.17. The molecule has 0 unspecified atom stereocenters. The van der Waals surface area contributed by atoms with Gasteiger partial charge in [0.2, 0.25) is 15.0 Å². The minimum atomic E-state index is -3.77. The van der Waals surface area contributed by atoms with E-state index in [0.717, 1.165) is 12.5 Å². The van der Waals surface area contributed by atoms with Crippen LogP contribution < -0.4 is 0 Å². The molecule has 1 atom stereocenters. The molecule has 0 N–H and O–H groups in total. The van der Waals surface area contributed by atoms with Crippen LogP contribution in [0.5, 0.6) is 0 Å². The molecule has 1 aromatic heterocycles. The molecule has 156 valence electrons. The third-order valence-corrected chi connectivity index (χ3v) is 7.53. The molecule has 1 amide bonds. The summed E-state index contributed by atoms with van der Waals surface area (Å²) in [6, 6.07) is 6.20. The summed E-state index contributed by atoms with van der Waals surface area (Å²) in [4.78, 5) is 22.1. The first-order chi connectivity index (χ1) is 13.5. The molecule has 0 bridgehead atoms. The predicted molar refractivity (Wildman–Crippen MR) is 109 cm³/mol. The van der Waals surface area contributed by atoms with Gasteiger partial charge in [-0.15, -0.1) is 0 Å². The Morgan fingerprint density at radius 2 is 2.03 bits per heavy atom. The van der Waals surface area contributed by atoms with Crippen LogP contribution in [0.3, 0.4) is 0 Å². The van der Waals surface area contributed by atoms with Crippen molar-refractivity contribution in [2.75, 3.05) is 17.8 Å². The fraction of sp³-hybridized carbons (Fsp3) is 0.353. The molecule has 0 radical (unpaired) electrons. The van der Waals surface area contributed by atoms with Crippen LogP contribution in [0.15, 0.2) is 35.6 Å². The van der Waals surface area contributed by atoms with Crippen molar-refractivity contribution in [3.05, 3.63) is 51.8 Å². The van der Waals surface area contributed by atoms with Gasteiger partial charge in [0.05, 0.1) is 22.7 Å². The van der Waals surface area contributed by atoms with E-state index in [0.29, 0.717) is 10.6 Å². The summed E-state index contributed by atoms with van der Waals surface area (Å²) in [5.74, 6) is -0.909. The zero-order chi connectivity index (χ0) is 21.4. The van der Waals surface area contributed by atoms with Crippen LogP contribution >= 0.6 is 23.2 Å². The van der Waals surface area contributed by atoms with Crippen molar-refractivity contribution in [2.45, 2.75) is 24.2 Å². The van der Waals surface area contributed by atoms with E-state index >= 15 is 0 Å². The molecule has 1 fully saturated rings. The van der Waals surface area contributed by atoms with Gasteiger partial charge in [0.1, 0.15) is 0 Å². The van der Waals surface area contributed by atoms with Gasteiger partial charge in [-0.1, -0.05) is 35.3 Å². The van der Waals surface area contributed by atoms with E-state index in [2.05, 4.69) is 9.97 Å². The number of nitrogens with zero attached hydrogens (tertiary/aromatic N) is 3. The first kappa shape index (κ1) is 21.9. The van der Waals surface area contributed by atoms with E-state index in [1.165, 1.54) is 4.90 Å². The summed E-state index contributed by atoms with van der Waals surface area (Å²) in [5.41, 5.74) is 0.386. The molecule has 2 heterocycles. The number of rotatable bonds is 5. The van der Waals surface area contributed by atoms with Crippen LogP contribution in [-0.2, 0) is 26.2 Å². The molecule has 12 heteroatoms. The molecule has 8 nitrogen and oxygen atoms in total. The number of hydrogen-bond acceptors (Lipinski definition) is 7. The Hall–Kier alpha value is -1.75. The molecule has 0 aliphatic carbocycles. The highest BCUT2D eigenvalue weighted by molar-refractivity contribution is 7.91. The fourth-order valence-corrected chi connectivity index (χ4v) is 5.65. The Morgan fingerprint density at radius 3 is 2.62 bits per heavy atom. The normalized spacial score (nSPS) is 18.5. The van der Waals surface area contributed by atoms with E-state index in [9.17, 15) is 21.6 Å². The molecule has 0 saturated carbocycles. The van der Waals surface area contributed by atoms with Crippen molar-refractivity contribution in [1.82, 2.24) is 14.9 Å². The summed E-state index contributed by atoms with van der Waals surface area (Å²) in [7, 11) is -7.05. The minimum absolute atomic E-state index is 0.0386. The summed E-state index contributed by atoms with van der Waals surface area (Å²) in [6.07, 6.45) is 2.22. The van der Waals surface area contributed by atoms with Gasteiger partial charge in [0, 0.05) is 23.9 Å². The largest absolute Gasteiger partial charge is 0.329 e. The Kier molecular flexibility index (Phi) is 6.19. The van der Waals surface area contributed by atoms with Crippen LogP contribution in [0, 0.1) is 0 Å². The van der Waals surface area contributed by atoms with Gasteiger partial charge in [0.25, 0.3) is 5.91 Å². The van der Waals surface area contributed by atoms with Gasteiger partial charge in [0.15, 0.2) is 15.5 Å². The van der Waals surface area contributed by atoms with Gasteiger partial charge < -0.3 is 4.90 Å². The first-order valence-corrected chi connectivity index (χ1v) is 12.9. The lowest BCUT2D eigenvalue weighted by atomic mass is 10.1. The average molecular weight is 478 g/mol. The molecule has 2 aromatic rings. The number of sulfone groups is 2. The summed E-state index contributed by atoms with van der Waals surface area (Å²) in [5, 5.41) is -0.195. The second-order valence-corrected chi connectivity index (χ2v) is 11.7. The lowest BCUT2D eigenvalue weighted by Crippen LogP contribution is -2.41. The van der Waals surface area contributed by atoms with E-state index in [1.54, 1.807) is 24.3 Å². The highest BCUT2D eigenvalue weighted by atomic mass is 35.5. The SMILES string of the molecule is CS(=O)(=O)c1ncc(Cl)c(C(=O)N(Cc2cccc(Cl)c2)[C@@H]2CCS(=O)(=O)C2)n1. The lowest BCUT2D eigenvalue weighted by Gasteiger charge is -2.28. The van der Waals surface area contributed by atoms with Crippen LogP contribution in [-0.4, -0.2) is 61.4 Å². The Balaban J connectivity index is 2.03. The smallest absolute Gasteiger partial charge is 0.274 e. The third-order valence-electron chi connectivity index (χ3n) is 4.41. The van der Waals surface area contributed by atoms with Crippen molar-refractivity contribution in [3.8, 4) is 0 Å². The number of benzene rings is 1. The molecule has 1 saturated heterocycles. The van der Waals surface area contributed by atoms with Gasteiger partial charge in [-0.3, -0.25) is 4.79 Å². The zero-order valence-electron chi connectivity index (χ0n) is 15.2. The molecule has 3 rings (SSSR count). The Labute approximate surface area is 178 Å². The highest BCUT2D eigenvalue weighted by Gasteiger charge is 2.36. The van der Waals surface area contributed by atoms with Crippen LogP contribution in [0.2, 0.25) is 10.0 Å². The maximum absolute atomic E-state index is 13.3. The molecule has 1 aromatic carbocycles. The molecular weight excluding hydrogens is 461 g/mol. The standard InChI is InChI=1S/C17H17Cl2N3O5S2/c1-28(24,25)17-20-8-14(19)15(21-17)16(23)22(13-5-6-29(26,27)10-13)9-11-3-2-4-12(18)7-11/h2-4,7-8,13H,5-6,9-10H2,1H3/t13-/m1/s1. The van der Waals surface area contributed by atoms with Gasteiger partial charge >= 0.3 is 0 Å². The molecule has 0 spiro atoms. The minimum Gasteiger partial charge on any atom is -0.329 e. The highest BCUT2D eigenvalue weighted by Crippen LogP contribution is 2.25. The van der Waals surface area contributed by atoms with E-state index in [1.807, 2.05) is 0 Å². The van der Waals surface area contributed by atoms with E-state index < -0.39 is 36.8 Å². The number of carbonyl (C=O) groups is 1. The van der Waals surface area contributed by atoms with Crippen molar-refractivity contribution in [2.24, 2.45) is 0 Å². The summed E-state index contributed by atoms with van der Waals surface area (Å²) < 4.78 is 47.5. The fourth-order valence-electron chi connectivity index (χ4n) is 3.04. The summed E-state index contributed by atoms with van der Waals surface area (Å²) >= 11 is 12.1. The number of carbonyl (C=O) groups excluding carboxylic acids is 1. The monoisotopic (exact) mass is 477 g/mol. The maximum Gasteiger partial charge on any atom is 0.274 e. The molecule has 29 heavy (non-hydrogen) atoms. The molecular formula is C17H17Cl2N3O5S2. The zero-order valence-corrected chi connectivity index (χ0v) is 18.4. The van der Waals surface area contributed by atoms with Crippen molar-refractivity contribution >= 4 is 48.8 Å². The van der Waals surface area contributed by atoms with Gasteiger partial charge in [-0.05, 0) is 24.1 Å². The molecule has 1 aliphatic heterocycles. The van der Waals surface area contributed by atoms with Crippen molar-refractivity contribution in [3.63, 3.8) is 0 Å². The molecule has 1 aliphatic rings. The Bertz CT molecular complexity index is 1170. The average Bonchev–Trinajstić information content (AvgIpc) is 2.98. The topological polar surface area (TPSA) is 114 Å². The maximum atomic E-state index is 13.3. The predicted octanol–water partition coefficient (Wildman–Crippen LogP) is 2.02. The quantitative estimate of drug-likeness (QED) is 0.604. The van der Waals surface area contributed by atoms with E-state index in [-0.39, 0.29) is 35.2 Å². The summed E-state index contributed by atoms with van der Waals surface area (Å²) in [6.45, 7) is 0.0636. The lowest BCUT2D eigenvalue weighted by molar-refractivity contribution is 0.0674. The van der Waals surface area contributed by atoms with E-state index in [4.69, 9.17) is 23.2 Å². The first-order valence-electron chi connectivity index (χ1n) is 8.45. The third kappa shape index (κ3) is 5.25. The number of halogens is 2. The number of amides is 1. The van der Waals surface area contributed by atoms with Crippen LogP contribution in [0.25, 0.3) is 0 Å². The van der Waals surface area contributed by atoms with Crippen LogP contribution in [0.4, 0.5) is 0 Å². The number of aromatic nitrogens is 2. The van der Waals surface area contributed by atoms with Crippen molar-refractivity contribution < 1.29 is 21.6 Å². The van der Waals surface area contributed by atoms with Crippen LogP contribution in [0.1, 0.15) is 22.5 Å². The van der Waals surface area contributed by atoms with Gasteiger partial charge in [-0.2, -0.15) is 0 Å². The van der Waals surface area contributed by atoms with Crippen molar-refractivity contribution in [1.29, 1.82) is 0 Å². The second-order valence-electron chi connectivity index (χ2n) is 6.74.